The van der Waals surface area contributed by atoms with Crippen LogP contribution in [0.25, 0.3) is 0 Å². The lowest BCUT2D eigenvalue weighted by molar-refractivity contribution is -0.129. The minimum Gasteiger partial charge on any atom is -0.341 e. The number of amides is 1. The first-order chi connectivity index (χ1) is 5.51. The average Bonchev–Trinajstić information content (AvgIpc) is 2.10. The van der Waals surface area contributed by atoms with E-state index in [-0.39, 0.29) is 11.4 Å². The number of carbonyl (C=O) groups is 1. The Balaban J connectivity index is 2.60. The summed E-state index contributed by atoms with van der Waals surface area (Å²) in [6, 6.07) is 0. The molecule has 0 unspecified atom stereocenters. The van der Waals surface area contributed by atoms with E-state index in [0.29, 0.717) is 0 Å². The largest absolute Gasteiger partial charge is 0.341 e. The van der Waals surface area contributed by atoms with Crippen molar-refractivity contribution in [1.29, 1.82) is 0 Å². The summed E-state index contributed by atoms with van der Waals surface area (Å²) in [5.74, 6) is 0.187. The summed E-state index contributed by atoms with van der Waals surface area (Å²) in [4.78, 5) is 13.1. The van der Waals surface area contributed by atoms with Gasteiger partial charge in [0.2, 0.25) is 5.91 Å². The topological polar surface area (TPSA) is 32.3 Å². The average molecular weight is 170 g/mol. The summed E-state index contributed by atoms with van der Waals surface area (Å²) < 4.78 is 0. The van der Waals surface area contributed by atoms with Crippen molar-refractivity contribution in [3.05, 3.63) is 0 Å². The molecule has 1 rings (SSSR count). The molecule has 70 valence electrons. The highest BCUT2D eigenvalue weighted by Crippen LogP contribution is 2.09. The van der Waals surface area contributed by atoms with E-state index in [0.717, 1.165) is 26.1 Å². The molecule has 0 saturated carbocycles. The minimum absolute atomic E-state index is 0.0716. The van der Waals surface area contributed by atoms with Crippen LogP contribution < -0.4 is 5.32 Å². The van der Waals surface area contributed by atoms with Crippen molar-refractivity contribution < 1.29 is 4.79 Å². The molecule has 0 radical (unpaired) electrons. The highest BCUT2D eigenvalue weighted by Gasteiger charge is 2.24. The van der Waals surface area contributed by atoms with E-state index in [1.54, 1.807) is 6.92 Å². The maximum atomic E-state index is 11.1. The smallest absolute Gasteiger partial charge is 0.219 e. The first-order valence-corrected chi connectivity index (χ1v) is 4.52. The Labute approximate surface area is 74.1 Å². The Kier molecular flexibility index (Phi) is 2.73. The van der Waals surface area contributed by atoms with Gasteiger partial charge in [-0.1, -0.05) is 0 Å². The monoisotopic (exact) mass is 170 g/mol. The Hall–Kier alpha value is -0.570. The van der Waals surface area contributed by atoms with Crippen molar-refractivity contribution in [2.24, 2.45) is 0 Å². The van der Waals surface area contributed by atoms with Crippen LogP contribution in [-0.2, 0) is 4.79 Å². The van der Waals surface area contributed by atoms with Crippen molar-refractivity contribution in [1.82, 2.24) is 10.2 Å². The first kappa shape index (κ1) is 9.52. The lowest BCUT2D eigenvalue weighted by Gasteiger charge is -2.29. The molecule has 3 heteroatoms. The molecule has 1 aliphatic rings. The van der Waals surface area contributed by atoms with Gasteiger partial charge in [-0.2, -0.15) is 0 Å². The molecule has 1 heterocycles. The van der Waals surface area contributed by atoms with Gasteiger partial charge in [-0.25, -0.2) is 0 Å². The minimum atomic E-state index is 0.0716. The predicted molar refractivity (Wildman–Crippen MR) is 49.0 cm³/mol. The Bertz CT molecular complexity index is 177. The van der Waals surface area contributed by atoms with Gasteiger partial charge in [0.05, 0.1) is 0 Å². The van der Waals surface area contributed by atoms with Gasteiger partial charge in [0.15, 0.2) is 0 Å². The molecule has 3 nitrogen and oxygen atoms in total. The van der Waals surface area contributed by atoms with E-state index in [1.165, 1.54) is 0 Å². The van der Waals surface area contributed by atoms with Gasteiger partial charge in [-0.15, -0.1) is 0 Å². The number of hydrogen-bond donors (Lipinski definition) is 1. The third-order valence-electron chi connectivity index (χ3n) is 2.24. The molecule has 12 heavy (non-hydrogen) atoms. The van der Waals surface area contributed by atoms with Crippen molar-refractivity contribution >= 4 is 5.91 Å². The first-order valence-electron chi connectivity index (χ1n) is 4.52. The van der Waals surface area contributed by atoms with Crippen LogP contribution in [0.15, 0.2) is 0 Å². The lowest BCUT2D eigenvalue weighted by Crippen LogP contribution is -2.47. The zero-order chi connectivity index (χ0) is 9.19. The van der Waals surface area contributed by atoms with E-state index in [1.807, 2.05) is 4.90 Å². The van der Waals surface area contributed by atoms with Crippen LogP contribution in [0, 0.1) is 0 Å². The summed E-state index contributed by atoms with van der Waals surface area (Å²) >= 11 is 0. The molecule has 0 atom stereocenters. The van der Waals surface area contributed by atoms with Crippen LogP contribution in [0.2, 0.25) is 0 Å². The van der Waals surface area contributed by atoms with Gasteiger partial charge >= 0.3 is 0 Å². The molecule has 0 aromatic rings. The van der Waals surface area contributed by atoms with Crippen LogP contribution in [0.1, 0.15) is 27.2 Å². The van der Waals surface area contributed by atoms with Gasteiger partial charge in [-0.05, 0) is 26.8 Å². The van der Waals surface area contributed by atoms with Crippen LogP contribution in [0.5, 0.6) is 0 Å². The number of rotatable bonds is 0. The standard InChI is InChI=1S/C9H18N2O/c1-8(12)11-6-4-5-10-9(2,3)7-11/h10H,4-7H2,1-3H3. The van der Waals surface area contributed by atoms with Crippen molar-refractivity contribution in [2.75, 3.05) is 19.6 Å². The van der Waals surface area contributed by atoms with Gasteiger partial charge in [0.25, 0.3) is 0 Å². The van der Waals surface area contributed by atoms with Crippen molar-refractivity contribution in [3.8, 4) is 0 Å². The molecular weight excluding hydrogens is 152 g/mol. The third-order valence-corrected chi connectivity index (χ3v) is 2.24. The summed E-state index contributed by atoms with van der Waals surface area (Å²) in [5, 5.41) is 3.41. The molecule has 0 bridgehead atoms. The molecule has 0 aliphatic carbocycles. The van der Waals surface area contributed by atoms with E-state index in [9.17, 15) is 4.79 Å². The van der Waals surface area contributed by atoms with E-state index < -0.39 is 0 Å². The van der Waals surface area contributed by atoms with E-state index in [4.69, 9.17) is 0 Å². The maximum absolute atomic E-state index is 11.1. The van der Waals surface area contributed by atoms with Crippen LogP contribution >= 0.6 is 0 Å². The predicted octanol–water partition coefficient (Wildman–Crippen LogP) is 0.607. The fraction of sp³-hybridized carbons (Fsp3) is 0.889. The van der Waals surface area contributed by atoms with Gasteiger partial charge in [-0.3, -0.25) is 4.79 Å². The van der Waals surface area contributed by atoms with Crippen LogP contribution in [-0.4, -0.2) is 36.0 Å². The van der Waals surface area contributed by atoms with E-state index in [2.05, 4.69) is 19.2 Å². The summed E-state index contributed by atoms with van der Waals surface area (Å²) in [6.07, 6.45) is 1.06. The van der Waals surface area contributed by atoms with Crippen molar-refractivity contribution in [3.63, 3.8) is 0 Å². The second-order valence-electron chi connectivity index (χ2n) is 4.10. The zero-order valence-electron chi connectivity index (χ0n) is 8.18. The summed E-state index contributed by atoms with van der Waals surface area (Å²) in [7, 11) is 0. The molecule has 0 aromatic heterocycles. The highest BCUT2D eigenvalue weighted by molar-refractivity contribution is 5.73. The quantitative estimate of drug-likeness (QED) is 0.577. The summed E-state index contributed by atoms with van der Waals surface area (Å²) in [6.45, 7) is 8.63. The van der Waals surface area contributed by atoms with Crippen LogP contribution in [0.4, 0.5) is 0 Å². The molecule has 1 saturated heterocycles. The van der Waals surface area contributed by atoms with Gasteiger partial charge < -0.3 is 10.2 Å². The Morgan fingerprint density at radius 3 is 2.75 bits per heavy atom. The number of hydrogen-bond acceptors (Lipinski definition) is 2. The second kappa shape index (κ2) is 3.44. The number of nitrogens with one attached hydrogen (secondary N) is 1. The molecule has 0 spiro atoms. The molecule has 1 fully saturated rings. The second-order valence-corrected chi connectivity index (χ2v) is 4.10. The van der Waals surface area contributed by atoms with Gasteiger partial charge in [0, 0.05) is 25.6 Å². The fourth-order valence-corrected chi connectivity index (χ4v) is 1.58. The van der Waals surface area contributed by atoms with E-state index >= 15 is 0 Å². The molecule has 0 aromatic carbocycles. The lowest BCUT2D eigenvalue weighted by atomic mass is 10.1. The SMILES string of the molecule is CC(=O)N1CCCNC(C)(C)C1. The highest BCUT2D eigenvalue weighted by atomic mass is 16.2. The zero-order valence-corrected chi connectivity index (χ0v) is 8.18. The maximum Gasteiger partial charge on any atom is 0.219 e. The summed E-state index contributed by atoms with van der Waals surface area (Å²) in [5.41, 5.74) is 0.0716. The molecule has 1 amide bonds. The Morgan fingerprint density at radius 2 is 2.17 bits per heavy atom. The van der Waals surface area contributed by atoms with Gasteiger partial charge in [0.1, 0.15) is 0 Å². The van der Waals surface area contributed by atoms with Crippen LogP contribution in [0.3, 0.4) is 0 Å². The number of carbonyl (C=O) groups excluding carboxylic acids is 1. The fourth-order valence-electron chi connectivity index (χ4n) is 1.58. The molecular formula is C9H18N2O. The van der Waals surface area contributed by atoms with Crippen molar-refractivity contribution in [2.45, 2.75) is 32.7 Å². The molecule has 1 aliphatic heterocycles. The third kappa shape index (κ3) is 2.48. The normalized spacial score (nSPS) is 23.4. The Morgan fingerprint density at radius 1 is 1.50 bits per heavy atom. The molecule has 1 N–H and O–H groups in total. The number of nitrogens with zero attached hydrogens (tertiary/aromatic N) is 1.